The summed E-state index contributed by atoms with van der Waals surface area (Å²) in [5.41, 5.74) is 1.81. The van der Waals surface area contributed by atoms with Crippen LogP contribution < -0.4 is 14.8 Å². The van der Waals surface area contributed by atoms with E-state index in [2.05, 4.69) is 26.1 Å². The number of hydrogen-bond donors (Lipinski definition) is 1. The number of rotatable bonds is 7. The average Bonchev–Trinajstić information content (AvgIpc) is 2.65. The van der Waals surface area contributed by atoms with E-state index in [1.54, 1.807) is 31.4 Å². The number of esters is 1. The first kappa shape index (κ1) is 20.3. The number of carbonyl (C=O) groups excluding carboxylic acids is 2. The Morgan fingerprint density at radius 2 is 1.48 bits per heavy atom. The third kappa shape index (κ3) is 6.66. The molecule has 0 aliphatic rings. The number of hydrogen-bond acceptors (Lipinski definition) is 5. The average molecular weight is 371 g/mol. The van der Waals surface area contributed by atoms with Crippen LogP contribution in [0.1, 0.15) is 26.3 Å². The summed E-state index contributed by atoms with van der Waals surface area (Å²) in [4.78, 5) is 23.6. The molecule has 6 heteroatoms. The van der Waals surface area contributed by atoms with Gasteiger partial charge in [-0.1, -0.05) is 32.9 Å². The molecule has 2 aromatic carbocycles. The van der Waals surface area contributed by atoms with Crippen molar-refractivity contribution >= 4 is 17.6 Å². The van der Waals surface area contributed by atoms with Gasteiger partial charge in [-0.15, -0.1) is 0 Å². The Morgan fingerprint density at radius 1 is 0.889 bits per heavy atom. The molecule has 6 nitrogen and oxygen atoms in total. The monoisotopic (exact) mass is 371 g/mol. The van der Waals surface area contributed by atoms with Gasteiger partial charge in [0.1, 0.15) is 11.5 Å². The zero-order valence-corrected chi connectivity index (χ0v) is 16.1. The standard InChI is InChI=1S/C21H25NO5/c1-21(2,3)15-5-9-18(10-6-15)26-14-20(24)27-13-19(23)22-16-7-11-17(25-4)12-8-16/h5-12H,13-14H2,1-4H3,(H,22,23). The van der Waals surface area contributed by atoms with Crippen LogP contribution in [0.2, 0.25) is 0 Å². The quantitative estimate of drug-likeness (QED) is 0.754. The Kier molecular flexibility index (Phi) is 6.82. The van der Waals surface area contributed by atoms with E-state index in [1.807, 2.05) is 24.3 Å². The van der Waals surface area contributed by atoms with Crippen molar-refractivity contribution in [1.29, 1.82) is 0 Å². The molecule has 144 valence electrons. The van der Waals surface area contributed by atoms with E-state index in [0.717, 1.165) is 0 Å². The van der Waals surface area contributed by atoms with Crippen LogP contribution in [0.25, 0.3) is 0 Å². The molecule has 27 heavy (non-hydrogen) atoms. The fraction of sp³-hybridized carbons (Fsp3) is 0.333. The van der Waals surface area contributed by atoms with E-state index in [-0.39, 0.29) is 18.6 Å². The predicted molar refractivity (Wildman–Crippen MR) is 103 cm³/mol. The zero-order valence-electron chi connectivity index (χ0n) is 16.1. The van der Waals surface area contributed by atoms with Crippen LogP contribution in [0.5, 0.6) is 11.5 Å². The van der Waals surface area contributed by atoms with Crippen LogP contribution >= 0.6 is 0 Å². The molecule has 2 rings (SSSR count). The van der Waals surface area contributed by atoms with E-state index in [1.165, 1.54) is 5.56 Å². The molecule has 0 aliphatic heterocycles. The second-order valence-electron chi connectivity index (χ2n) is 7.00. The molecule has 0 heterocycles. The lowest BCUT2D eigenvalue weighted by Gasteiger charge is -2.19. The first-order valence-corrected chi connectivity index (χ1v) is 8.61. The van der Waals surface area contributed by atoms with Crippen molar-refractivity contribution in [2.75, 3.05) is 25.6 Å². The molecular weight excluding hydrogens is 346 g/mol. The predicted octanol–water partition coefficient (Wildman–Crippen LogP) is 3.55. The lowest BCUT2D eigenvalue weighted by Crippen LogP contribution is -2.23. The number of nitrogens with one attached hydrogen (secondary N) is 1. The highest BCUT2D eigenvalue weighted by Crippen LogP contribution is 2.24. The first-order valence-electron chi connectivity index (χ1n) is 8.61. The minimum atomic E-state index is -0.611. The number of anilines is 1. The fourth-order valence-corrected chi connectivity index (χ4v) is 2.25. The highest BCUT2D eigenvalue weighted by molar-refractivity contribution is 5.92. The minimum absolute atomic E-state index is 0.0503. The number of ether oxygens (including phenoxy) is 3. The molecule has 1 amide bonds. The van der Waals surface area contributed by atoms with Crippen molar-refractivity contribution in [3.63, 3.8) is 0 Å². The number of benzene rings is 2. The normalized spacial score (nSPS) is 10.8. The lowest BCUT2D eigenvalue weighted by molar-refractivity contribution is -0.149. The van der Waals surface area contributed by atoms with Gasteiger partial charge in [-0.2, -0.15) is 0 Å². The molecule has 0 radical (unpaired) electrons. The maximum Gasteiger partial charge on any atom is 0.344 e. The zero-order chi connectivity index (χ0) is 19.9. The maximum absolute atomic E-state index is 11.8. The van der Waals surface area contributed by atoms with Crippen molar-refractivity contribution in [2.24, 2.45) is 0 Å². The van der Waals surface area contributed by atoms with Crippen LogP contribution in [0.15, 0.2) is 48.5 Å². The second kappa shape index (κ2) is 9.07. The van der Waals surface area contributed by atoms with Crippen LogP contribution in [0.3, 0.4) is 0 Å². The molecular formula is C21H25NO5. The van der Waals surface area contributed by atoms with Crippen LogP contribution in [0.4, 0.5) is 5.69 Å². The Bertz CT molecular complexity index is 761. The highest BCUT2D eigenvalue weighted by Gasteiger charge is 2.13. The summed E-state index contributed by atoms with van der Waals surface area (Å²) < 4.78 is 15.4. The van der Waals surface area contributed by atoms with Gasteiger partial charge >= 0.3 is 5.97 Å². The van der Waals surface area contributed by atoms with Gasteiger partial charge in [-0.25, -0.2) is 4.79 Å². The van der Waals surface area contributed by atoms with Gasteiger partial charge in [0.2, 0.25) is 0 Å². The van der Waals surface area contributed by atoms with Crippen LogP contribution in [0, 0.1) is 0 Å². The van der Waals surface area contributed by atoms with Gasteiger partial charge in [-0.05, 0) is 47.4 Å². The van der Waals surface area contributed by atoms with E-state index in [9.17, 15) is 9.59 Å². The van der Waals surface area contributed by atoms with Crippen LogP contribution in [-0.4, -0.2) is 32.2 Å². The lowest BCUT2D eigenvalue weighted by atomic mass is 9.87. The Morgan fingerprint density at radius 3 is 2.04 bits per heavy atom. The largest absolute Gasteiger partial charge is 0.497 e. The summed E-state index contributed by atoms with van der Waals surface area (Å²) >= 11 is 0. The number of methoxy groups -OCH3 is 1. The molecule has 0 saturated carbocycles. The molecule has 2 aromatic rings. The fourth-order valence-electron chi connectivity index (χ4n) is 2.25. The molecule has 0 unspecified atom stereocenters. The van der Waals surface area contributed by atoms with Crippen molar-refractivity contribution in [1.82, 2.24) is 0 Å². The maximum atomic E-state index is 11.8. The topological polar surface area (TPSA) is 73.9 Å². The summed E-state index contributed by atoms with van der Waals surface area (Å²) in [5.74, 6) is 0.220. The van der Waals surface area contributed by atoms with E-state index >= 15 is 0 Å². The van der Waals surface area contributed by atoms with Gasteiger partial charge in [0, 0.05) is 5.69 Å². The minimum Gasteiger partial charge on any atom is -0.497 e. The molecule has 0 spiro atoms. The Hall–Kier alpha value is -3.02. The molecule has 0 fully saturated rings. The van der Waals surface area contributed by atoms with Gasteiger partial charge in [-0.3, -0.25) is 4.79 Å². The van der Waals surface area contributed by atoms with Crippen molar-refractivity contribution in [2.45, 2.75) is 26.2 Å². The van der Waals surface area contributed by atoms with Crippen LogP contribution in [-0.2, 0) is 19.7 Å². The number of carbonyl (C=O) groups is 2. The van der Waals surface area contributed by atoms with Gasteiger partial charge in [0.25, 0.3) is 5.91 Å². The molecule has 0 aliphatic carbocycles. The molecule has 0 aromatic heterocycles. The molecule has 0 saturated heterocycles. The third-order valence-corrected chi connectivity index (χ3v) is 3.82. The second-order valence-corrected chi connectivity index (χ2v) is 7.00. The van der Waals surface area contributed by atoms with Crippen molar-refractivity contribution in [3.05, 3.63) is 54.1 Å². The van der Waals surface area contributed by atoms with E-state index in [0.29, 0.717) is 17.2 Å². The number of amides is 1. The summed E-state index contributed by atoms with van der Waals surface area (Å²) in [6, 6.07) is 14.4. The van der Waals surface area contributed by atoms with E-state index < -0.39 is 11.9 Å². The van der Waals surface area contributed by atoms with Gasteiger partial charge < -0.3 is 19.5 Å². The van der Waals surface area contributed by atoms with Gasteiger partial charge in [0.15, 0.2) is 13.2 Å². The summed E-state index contributed by atoms with van der Waals surface area (Å²) in [7, 11) is 1.56. The van der Waals surface area contributed by atoms with Crippen molar-refractivity contribution < 1.29 is 23.8 Å². The molecule has 0 bridgehead atoms. The Balaban J connectivity index is 1.73. The smallest absolute Gasteiger partial charge is 0.344 e. The molecule has 0 atom stereocenters. The summed E-state index contributed by atoms with van der Waals surface area (Å²) in [5, 5.41) is 2.63. The SMILES string of the molecule is COc1ccc(NC(=O)COC(=O)COc2ccc(C(C)(C)C)cc2)cc1. The van der Waals surface area contributed by atoms with Gasteiger partial charge in [0.05, 0.1) is 7.11 Å². The molecule has 1 N–H and O–H groups in total. The Labute approximate surface area is 159 Å². The van der Waals surface area contributed by atoms with E-state index in [4.69, 9.17) is 14.2 Å². The van der Waals surface area contributed by atoms with Crippen molar-refractivity contribution in [3.8, 4) is 11.5 Å². The summed E-state index contributed by atoms with van der Waals surface area (Å²) in [6.45, 7) is 5.73. The summed E-state index contributed by atoms with van der Waals surface area (Å²) in [6.07, 6.45) is 0. The third-order valence-electron chi connectivity index (χ3n) is 3.82. The highest BCUT2D eigenvalue weighted by atomic mass is 16.6. The first-order chi connectivity index (χ1) is 12.8.